The molecule has 2 rings (SSSR count). The van der Waals surface area contributed by atoms with E-state index in [1.54, 1.807) is 4.90 Å². The summed E-state index contributed by atoms with van der Waals surface area (Å²) in [5.41, 5.74) is 4.89. The first-order valence-corrected chi connectivity index (χ1v) is 6.61. The van der Waals surface area contributed by atoms with Crippen LogP contribution in [0.2, 0.25) is 0 Å². The van der Waals surface area contributed by atoms with E-state index in [1.807, 2.05) is 0 Å². The lowest BCUT2D eigenvalue weighted by Crippen LogP contribution is -2.36. The van der Waals surface area contributed by atoms with Crippen molar-refractivity contribution >= 4 is 11.4 Å². The van der Waals surface area contributed by atoms with Crippen LogP contribution in [0.4, 0.5) is 20.2 Å². The second kappa shape index (κ2) is 6.13. The zero-order valence-corrected chi connectivity index (χ0v) is 11.0. The molecule has 1 heterocycles. The van der Waals surface area contributed by atoms with Gasteiger partial charge in [-0.3, -0.25) is 10.1 Å². The number of benzene rings is 1. The largest absolute Gasteiger partial charge is 0.366 e. The molecule has 0 aromatic heterocycles. The van der Waals surface area contributed by atoms with E-state index >= 15 is 0 Å². The fourth-order valence-electron chi connectivity index (χ4n) is 2.73. The SMILES string of the molecule is NCCC1CCCN(c2cc(F)cc(F)c2[N+](=O)[O-])C1. The van der Waals surface area contributed by atoms with Crippen LogP contribution in [0.1, 0.15) is 19.3 Å². The van der Waals surface area contributed by atoms with Gasteiger partial charge in [-0.05, 0) is 31.7 Å². The van der Waals surface area contributed by atoms with Crippen LogP contribution in [0, 0.1) is 27.7 Å². The summed E-state index contributed by atoms with van der Waals surface area (Å²) in [7, 11) is 0. The van der Waals surface area contributed by atoms with Crippen LogP contribution in [0.5, 0.6) is 0 Å². The van der Waals surface area contributed by atoms with E-state index in [-0.39, 0.29) is 5.69 Å². The molecule has 7 heteroatoms. The number of halogens is 2. The van der Waals surface area contributed by atoms with E-state index in [2.05, 4.69) is 0 Å². The molecule has 1 fully saturated rings. The van der Waals surface area contributed by atoms with Gasteiger partial charge in [0, 0.05) is 25.2 Å². The fourth-order valence-corrected chi connectivity index (χ4v) is 2.73. The fraction of sp³-hybridized carbons (Fsp3) is 0.538. The van der Waals surface area contributed by atoms with E-state index in [4.69, 9.17) is 5.73 Å². The normalized spacial score (nSPS) is 19.1. The number of nitro groups is 1. The second-order valence-electron chi connectivity index (χ2n) is 5.04. The Morgan fingerprint density at radius 3 is 2.85 bits per heavy atom. The molecular weight excluding hydrogens is 268 g/mol. The Kier molecular flexibility index (Phi) is 4.49. The van der Waals surface area contributed by atoms with Crippen LogP contribution in [0.3, 0.4) is 0 Å². The highest BCUT2D eigenvalue weighted by Crippen LogP contribution is 2.34. The monoisotopic (exact) mass is 285 g/mol. The zero-order valence-electron chi connectivity index (χ0n) is 11.0. The maximum atomic E-state index is 13.6. The standard InChI is InChI=1S/C13H17F2N3O2/c14-10-6-11(15)13(18(19)20)12(7-10)17-5-1-2-9(8-17)3-4-16/h6-7,9H,1-5,8,16H2. The maximum Gasteiger partial charge on any atom is 0.328 e. The Morgan fingerprint density at radius 1 is 1.45 bits per heavy atom. The molecule has 1 aromatic rings. The summed E-state index contributed by atoms with van der Waals surface area (Å²) in [4.78, 5) is 11.9. The van der Waals surface area contributed by atoms with E-state index in [0.717, 1.165) is 25.3 Å². The zero-order chi connectivity index (χ0) is 14.7. The topological polar surface area (TPSA) is 72.4 Å². The molecule has 110 valence electrons. The number of nitrogens with zero attached hydrogens (tertiary/aromatic N) is 2. The summed E-state index contributed by atoms with van der Waals surface area (Å²) in [6.45, 7) is 1.64. The van der Waals surface area contributed by atoms with E-state index in [1.165, 1.54) is 0 Å². The lowest BCUT2D eigenvalue weighted by atomic mass is 9.94. The quantitative estimate of drug-likeness (QED) is 0.681. The molecule has 1 atom stereocenters. The van der Waals surface area contributed by atoms with Gasteiger partial charge in [0.1, 0.15) is 11.5 Å². The Morgan fingerprint density at radius 2 is 2.20 bits per heavy atom. The van der Waals surface area contributed by atoms with Crippen molar-refractivity contribution in [1.82, 2.24) is 0 Å². The van der Waals surface area contributed by atoms with Gasteiger partial charge in [0.15, 0.2) is 0 Å². The summed E-state index contributed by atoms with van der Waals surface area (Å²) in [6, 6.07) is 1.58. The molecule has 1 unspecified atom stereocenters. The average molecular weight is 285 g/mol. The minimum atomic E-state index is -1.13. The smallest absolute Gasteiger partial charge is 0.328 e. The van der Waals surface area contributed by atoms with Gasteiger partial charge in [-0.2, -0.15) is 4.39 Å². The van der Waals surface area contributed by atoms with Crippen LogP contribution in [0.25, 0.3) is 0 Å². The number of nitrogens with two attached hydrogens (primary N) is 1. The summed E-state index contributed by atoms with van der Waals surface area (Å²) >= 11 is 0. The van der Waals surface area contributed by atoms with Crippen LogP contribution in [0.15, 0.2) is 12.1 Å². The minimum Gasteiger partial charge on any atom is -0.366 e. The summed E-state index contributed by atoms with van der Waals surface area (Å²) in [6.07, 6.45) is 2.63. The van der Waals surface area contributed by atoms with Crippen molar-refractivity contribution in [2.75, 3.05) is 24.5 Å². The predicted octanol–water partition coefficient (Wildman–Crippen LogP) is 2.44. The Bertz CT molecular complexity index is 509. The molecule has 1 aliphatic rings. The van der Waals surface area contributed by atoms with Crippen molar-refractivity contribution in [2.24, 2.45) is 11.7 Å². The molecule has 2 N–H and O–H groups in total. The van der Waals surface area contributed by atoms with Crippen molar-refractivity contribution < 1.29 is 13.7 Å². The van der Waals surface area contributed by atoms with Crippen molar-refractivity contribution in [3.63, 3.8) is 0 Å². The van der Waals surface area contributed by atoms with Gasteiger partial charge < -0.3 is 10.6 Å². The van der Waals surface area contributed by atoms with Crippen molar-refractivity contribution in [1.29, 1.82) is 0 Å². The molecule has 1 aliphatic heterocycles. The van der Waals surface area contributed by atoms with Crippen molar-refractivity contribution in [3.8, 4) is 0 Å². The summed E-state index contributed by atoms with van der Waals surface area (Å²) in [5, 5.41) is 11.0. The summed E-state index contributed by atoms with van der Waals surface area (Å²) < 4.78 is 27.0. The maximum absolute atomic E-state index is 13.6. The van der Waals surface area contributed by atoms with E-state index in [0.29, 0.717) is 31.6 Å². The van der Waals surface area contributed by atoms with E-state index in [9.17, 15) is 18.9 Å². The Balaban J connectivity index is 2.33. The average Bonchev–Trinajstić information content (AvgIpc) is 2.38. The lowest BCUT2D eigenvalue weighted by Gasteiger charge is -2.34. The molecule has 0 radical (unpaired) electrons. The van der Waals surface area contributed by atoms with Crippen molar-refractivity contribution in [3.05, 3.63) is 33.9 Å². The molecular formula is C13H17F2N3O2. The van der Waals surface area contributed by atoms with Crippen LogP contribution in [-0.2, 0) is 0 Å². The third-order valence-corrected chi connectivity index (χ3v) is 3.63. The highest BCUT2D eigenvalue weighted by Gasteiger charge is 2.29. The molecule has 1 saturated heterocycles. The molecule has 0 spiro atoms. The van der Waals surface area contributed by atoms with Gasteiger partial charge in [0.05, 0.1) is 4.92 Å². The highest BCUT2D eigenvalue weighted by molar-refractivity contribution is 5.64. The Hall–Kier alpha value is -1.76. The predicted molar refractivity (Wildman–Crippen MR) is 71.6 cm³/mol. The van der Waals surface area contributed by atoms with Gasteiger partial charge in [-0.1, -0.05) is 0 Å². The van der Waals surface area contributed by atoms with E-state index < -0.39 is 22.2 Å². The molecule has 20 heavy (non-hydrogen) atoms. The first-order valence-electron chi connectivity index (χ1n) is 6.61. The lowest BCUT2D eigenvalue weighted by molar-refractivity contribution is -0.386. The highest BCUT2D eigenvalue weighted by atomic mass is 19.1. The molecule has 0 bridgehead atoms. The van der Waals surface area contributed by atoms with Gasteiger partial charge in [-0.25, -0.2) is 4.39 Å². The number of piperidine rings is 1. The number of rotatable bonds is 4. The van der Waals surface area contributed by atoms with Crippen molar-refractivity contribution in [2.45, 2.75) is 19.3 Å². The van der Waals surface area contributed by atoms with Crippen LogP contribution >= 0.6 is 0 Å². The number of hydrogen-bond acceptors (Lipinski definition) is 4. The van der Waals surface area contributed by atoms with Gasteiger partial charge >= 0.3 is 5.69 Å². The minimum absolute atomic E-state index is 0.0224. The van der Waals surface area contributed by atoms with Gasteiger partial charge in [0.2, 0.25) is 5.82 Å². The number of anilines is 1. The molecule has 5 nitrogen and oxygen atoms in total. The molecule has 0 amide bonds. The molecule has 0 aliphatic carbocycles. The second-order valence-corrected chi connectivity index (χ2v) is 5.04. The van der Waals surface area contributed by atoms with Gasteiger partial charge in [-0.15, -0.1) is 0 Å². The first kappa shape index (κ1) is 14.6. The third kappa shape index (κ3) is 3.04. The van der Waals surface area contributed by atoms with Crippen LogP contribution in [-0.4, -0.2) is 24.6 Å². The number of nitro benzene ring substituents is 1. The first-order chi connectivity index (χ1) is 9.52. The Labute approximate surface area is 115 Å². The third-order valence-electron chi connectivity index (χ3n) is 3.63. The number of hydrogen-bond donors (Lipinski definition) is 1. The van der Waals surface area contributed by atoms with Crippen LogP contribution < -0.4 is 10.6 Å². The molecule has 0 saturated carbocycles. The molecule has 1 aromatic carbocycles. The van der Waals surface area contributed by atoms with Gasteiger partial charge in [0.25, 0.3) is 0 Å². The summed E-state index contributed by atoms with van der Waals surface area (Å²) in [5.74, 6) is -1.63.